The zero-order valence-corrected chi connectivity index (χ0v) is 15.8. The lowest BCUT2D eigenvalue weighted by Crippen LogP contribution is -2.46. The highest BCUT2D eigenvalue weighted by Gasteiger charge is 2.28. The van der Waals surface area contributed by atoms with E-state index in [0.29, 0.717) is 5.69 Å². The van der Waals surface area contributed by atoms with Crippen molar-refractivity contribution >= 4 is 27.3 Å². The molecule has 0 radical (unpaired) electrons. The molecule has 0 aromatic heterocycles. The SMILES string of the molecule is C[C@@H](C(=O)NN=C1CCCCCCC1)N(c1ccccc1)S(C)(=O)=O. The Hall–Kier alpha value is -1.89. The molecule has 0 saturated heterocycles. The summed E-state index contributed by atoms with van der Waals surface area (Å²) in [4.78, 5) is 12.5. The maximum absolute atomic E-state index is 12.5. The van der Waals surface area contributed by atoms with E-state index in [1.807, 2.05) is 0 Å². The number of amides is 1. The molecule has 0 bridgehead atoms. The quantitative estimate of drug-likeness (QED) is 0.815. The highest BCUT2D eigenvalue weighted by Crippen LogP contribution is 2.20. The number of para-hydroxylation sites is 1. The van der Waals surface area contributed by atoms with Gasteiger partial charge in [-0.3, -0.25) is 9.10 Å². The summed E-state index contributed by atoms with van der Waals surface area (Å²) in [5.41, 5.74) is 4.02. The van der Waals surface area contributed by atoms with E-state index in [9.17, 15) is 13.2 Å². The third-order valence-electron chi connectivity index (χ3n) is 4.35. The number of nitrogens with zero attached hydrogens (tertiary/aromatic N) is 2. The Kier molecular flexibility index (Phi) is 6.99. The summed E-state index contributed by atoms with van der Waals surface area (Å²) in [5.74, 6) is -0.427. The molecule has 138 valence electrons. The van der Waals surface area contributed by atoms with Gasteiger partial charge >= 0.3 is 0 Å². The normalized spacial score (nSPS) is 17.1. The molecule has 1 aromatic carbocycles. The number of nitrogens with one attached hydrogen (secondary N) is 1. The molecule has 1 amide bonds. The molecule has 0 heterocycles. The monoisotopic (exact) mass is 365 g/mol. The van der Waals surface area contributed by atoms with Crippen molar-refractivity contribution in [2.75, 3.05) is 10.6 Å². The van der Waals surface area contributed by atoms with E-state index in [-0.39, 0.29) is 0 Å². The minimum Gasteiger partial charge on any atom is -0.271 e. The second kappa shape index (κ2) is 8.99. The van der Waals surface area contributed by atoms with Gasteiger partial charge in [0.25, 0.3) is 5.91 Å². The molecule has 0 unspecified atom stereocenters. The Morgan fingerprint density at radius 1 is 1.08 bits per heavy atom. The number of carbonyl (C=O) groups is 1. The zero-order valence-electron chi connectivity index (χ0n) is 14.9. The molecular weight excluding hydrogens is 338 g/mol. The van der Waals surface area contributed by atoms with Crippen molar-refractivity contribution in [1.29, 1.82) is 0 Å². The fourth-order valence-corrected chi connectivity index (χ4v) is 4.21. The molecule has 1 aliphatic rings. The van der Waals surface area contributed by atoms with Crippen LogP contribution < -0.4 is 9.73 Å². The third-order valence-corrected chi connectivity index (χ3v) is 5.60. The molecule has 6 nitrogen and oxygen atoms in total. The van der Waals surface area contributed by atoms with E-state index < -0.39 is 22.0 Å². The third kappa shape index (κ3) is 5.85. The van der Waals surface area contributed by atoms with Gasteiger partial charge in [-0.25, -0.2) is 13.8 Å². The summed E-state index contributed by atoms with van der Waals surface area (Å²) in [6.07, 6.45) is 8.71. The minimum atomic E-state index is -3.59. The number of hydrazone groups is 1. The summed E-state index contributed by atoms with van der Waals surface area (Å²) in [6.45, 7) is 1.57. The van der Waals surface area contributed by atoms with E-state index in [0.717, 1.165) is 42.0 Å². The number of rotatable bonds is 5. The highest BCUT2D eigenvalue weighted by molar-refractivity contribution is 7.92. The number of hydrogen-bond acceptors (Lipinski definition) is 4. The standard InChI is InChI=1S/C18H27N3O3S/c1-15(21(25(2,23)24)17-13-9-6-10-14-17)18(22)20-19-16-11-7-4-3-5-8-12-16/h6,9-10,13-15H,3-5,7-8,11-12H2,1-2H3,(H,20,22)/t15-/m0/s1. The summed E-state index contributed by atoms with van der Waals surface area (Å²) in [7, 11) is -3.59. The molecule has 1 atom stereocenters. The summed E-state index contributed by atoms with van der Waals surface area (Å²) >= 11 is 0. The van der Waals surface area contributed by atoms with Gasteiger partial charge in [0.15, 0.2) is 0 Å². The molecule has 1 N–H and O–H groups in total. The number of sulfonamides is 1. The Bertz CT molecular complexity index is 692. The first-order valence-electron chi connectivity index (χ1n) is 8.79. The van der Waals surface area contributed by atoms with Crippen molar-refractivity contribution in [2.24, 2.45) is 5.10 Å². The van der Waals surface area contributed by atoms with Crippen LogP contribution in [0.25, 0.3) is 0 Å². The van der Waals surface area contributed by atoms with Crippen molar-refractivity contribution < 1.29 is 13.2 Å². The second-order valence-corrected chi connectivity index (χ2v) is 8.35. The lowest BCUT2D eigenvalue weighted by atomic mass is 9.99. The van der Waals surface area contributed by atoms with Gasteiger partial charge in [0.2, 0.25) is 10.0 Å². The summed E-state index contributed by atoms with van der Waals surface area (Å²) in [6, 6.07) is 7.75. The molecule has 0 aliphatic heterocycles. The molecule has 25 heavy (non-hydrogen) atoms. The minimum absolute atomic E-state index is 0.427. The van der Waals surface area contributed by atoms with Gasteiger partial charge in [0, 0.05) is 5.71 Å². The van der Waals surface area contributed by atoms with Gasteiger partial charge < -0.3 is 0 Å². The molecule has 0 spiro atoms. The largest absolute Gasteiger partial charge is 0.271 e. The van der Waals surface area contributed by atoms with Crippen molar-refractivity contribution in [3.8, 4) is 0 Å². The number of anilines is 1. The fourth-order valence-electron chi connectivity index (χ4n) is 3.04. The molecule has 2 rings (SSSR count). The molecule has 1 fully saturated rings. The van der Waals surface area contributed by atoms with Gasteiger partial charge in [0.05, 0.1) is 11.9 Å². The Morgan fingerprint density at radius 2 is 1.64 bits per heavy atom. The Balaban J connectivity index is 2.10. The first-order valence-corrected chi connectivity index (χ1v) is 10.6. The van der Waals surface area contributed by atoms with E-state index in [2.05, 4.69) is 10.5 Å². The topological polar surface area (TPSA) is 78.8 Å². The Labute approximate surface area is 150 Å². The van der Waals surface area contributed by atoms with E-state index in [4.69, 9.17) is 0 Å². The number of carbonyl (C=O) groups excluding carboxylic acids is 1. The number of benzene rings is 1. The maximum Gasteiger partial charge on any atom is 0.263 e. The average molecular weight is 365 g/mol. The molecular formula is C18H27N3O3S. The first-order chi connectivity index (χ1) is 11.9. The molecule has 1 aromatic rings. The van der Waals surface area contributed by atoms with Crippen LogP contribution in [-0.2, 0) is 14.8 Å². The summed E-state index contributed by atoms with van der Waals surface area (Å²) in [5, 5.41) is 4.26. The van der Waals surface area contributed by atoms with Crippen LogP contribution in [0, 0.1) is 0 Å². The zero-order chi connectivity index (χ0) is 18.3. The van der Waals surface area contributed by atoms with Crippen LogP contribution in [0.5, 0.6) is 0 Å². The number of hydrogen-bond donors (Lipinski definition) is 1. The van der Waals surface area contributed by atoms with Crippen LogP contribution in [0.1, 0.15) is 51.9 Å². The highest BCUT2D eigenvalue weighted by atomic mass is 32.2. The first kappa shape index (κ1) is 19.4. The van der Waals surface area contributed by atoms with Crippen LogP contribution in [0.2, 0.25) is 0 Å². The molecule has 1 saturated carbocycles. The van der Waals surface area contributed by atoms with Gasteiger partial charge in [-0.2, -0.15) is 5.10 Å². The lowest BCUT2D eigenvalue weighted by molar-refractivity contribution is -0.121. The van der Waals surface area contributed by atoms with E-state index in [1.54, 1.807) is 37.3 Å². The lowest BCUT2D eigenvalue weighted by Gasteiger charge is -2.27. The van der Waals surface area contributed by atoms with E-state index >= 15 is 0 Å². The van der Waals surface area contributed by atoms with Crippen LogP contribution in [-0.4, -0.2) is 32.3 Å². The summed E-state index contributed by atoms with van der Waals surface area (Å²) < 4.78 is 25.5. The smallest absolute Gasteiger partial charge is 0.263 e. The van der Waals surface area contributed by atoms with Crippen LogP contribution in [0.3, 0.4) is 0 Å². The van der Waals surface area contributed by atoms with Crippen molar-refractivity contribution in [3.05, 3.63) is 30.3 Å². The Morgan fingerprint density at radius 3 is 2.20 bits per heavy atom. The van der Waals surface area contributed by atoms with Crippen molar-refractivity contribution in [3.63, 3.8) is 0 Å². The van der Waals surface area contributed by atoms with Crippen LogP contribution >= 0.6 is 0 Å². The molecule has 1 aliphatic carbocycles. The van der Waals surface area contributed by atoms with Crippen molar-refractivity contribution in [2.45, 2.75) is 57.9 Å². The second-order valence-electron chi connectivity index (χ2n) is 6.49. The van der Waals surface area contributed by atoms with Gasteiger partial charge in [-0.05, 0) is 44.7 Å². The van der Waals surface area contributed by atoms with Crippen LogP contribution in [0.4, 0.5) is 5.69 Å². The predicted octanol–water partition coefficient (Wildman–Crippen LogP) is 3.06. The van der Waals surface area contributed by atoms with Crippen LogP contribution in [0.15, 0.2) is 35.4 Å². The average Bonchev–Trinajstić information content (AvgIpc) is 2.53. The maximum atomic E-state index is 12.5. The van der Waals surface area contributed by atoms with Gasteiger partial charge in [0.1, 0.15) is 6.04 Å². The fraction of sp³-hybridized carbons (Fsp3) is 0.556. The predicted molar refractivity (Wildman–Crippen MR) is 101 cm³/mol. The van der Waals surface area contributed by atoms with Gasteiger partial charge in [-0.15, -0.1) is 0 Å². The van der Waals surface area contributed by atoms with Crippen molar-refractivity contribution in [1.82, 2.24) is 5.43 Å². The van der Waals surface area contributed by atoms with E-state index in [1.165, 1.54) is 19.3 Å². The molecule has 7 heteroatoms. The van der Waals surface area contributed by atoms with Gasteiger partial charge in [-0.1, -0.05) is 37.5 Å².